The number of halogens is 1. The third-order valence-corrected chi connectivity index (χ3v) is 2.16. The van der Waals surface area contributed by atoms with Gasteiger partial charge < -0.3 is 4.74 Å². The minimum atomic E-state index is 0.0754. The van der Waals surface area contributed by atoms with Crippen LogP contribution in [0.25, 0.3) is 0 Å². The topological polar surface area (TPSA) is 21.3 Å². The van der Waals surface area contributed by atoms with Crippen LogP contribution < -0.4 is 5.54 Å². The summed E-state index contributed by atoms with van der Waals surface area (Å²) in [7, 11) is 1.72. The van der Waals surface area contributed by atoms with Crippen LogP contribution in [0.2, 0.25) is 0 Å². The van der Waals surface area contributed by atoms with Gasteiger partial charge in [-0.1, -0.05) is 0 Å². The first kappa shape index (κ1) is 7.95. The molecule has 0 aromatic rings. The van der Waals surface area contributed by atoms with E-state index in [9.17, 15) is 4.48 Å². The first-order chi connectivity index (χ1) is 4.86. The van der Waals surface area contributed by atoms with Crippen LogP contribution in [0.3, 0.4) is 0 Å². The van der Waals surface area contributed by atoms with Gasteiger partial charge in [0.25, 0.3) is 0 Å². The quantitative estimate of drug-likeness (QED) is 0.596. The largest absolute Gasteiger partial charge is 0.381 e. The second kappa shape index (κ2) is 3.88. The molecule has 0 aliphatic heterocycles. The van der Waals surface area contributed by atoms with Crippen molar-refractivity contribution in [2.75, 3.05) is 7.11 Å². The average molecular weight is 147 g/mol. The fourth-order valence-corrected chi connectivity index (χ4v) is 1.41. The number of hydrogen-bond acceptors (Lipinski definition) is 2. The fraction of sp³-hybridized carbons (Fsp3) is 1.00. The maximum Gasteiger partial charge on any atom is 0.0572 e. The maximum absolute atomic E-state index is 11.8. The Morgan fingerprint density at radius 3 is 2.30 bits per heavy atom. The van der Waals surface area contributed by atoms with Crippen molar-refractivity contribution in [3.63, 3.8) is 0 Å². The lowest BCUT2D eigenvalue weighted by molar-refractivity contribution is 0.0536. The summed E-state index contributed by atoms with van der Waals surface area (Å²) >= 11 is 0. The molecule has 0 heterocycles. The lowest BCUT2D eigenvalue weighted by Crippen LogP contribution is -2.30. The zero-order valence-corrected chi connectivity index (χ0v) is 6.27. The van der Waals surface area contributed by atoms with Gasteiger partial charge in [-0.05, 0) is 25.7 Å². The molecule has 0 atom stereocenters. The van der Waals surface area contributed by atoms with Gasteiger partial charge in [0.1, 0.15) is 0 Å². The summed E-state index contributed by atoms with van der Waals surface area (Å²) < 4.78 is 17.0. The summed E-state index contributed by atoms with van der Waals surface area (Å²) in [5.41, 5.74) is 1.79. The van der Waals surface area contributed by atoms with Crippen LogP contribution in [0.15, 0.2) is 0 Å². The minimum Gasteiger partial charge on any atom is -0.381 e. The summed E-state index contributed by atoms with van der Waals surface area (Å²) in [6.07, 6.45) is 4.13. The molecular formula is C7H14FNO. The van der Waals surface area contributed by atoms with E-state index in [1.807, 2.05) is 0 Å². The van der Waals surface area contributed by atoms with Crippen LogP contribution in [0, 0.1) is 0 Å². The zero-order valence-electron chi connectivity index (χ0n) is 6.27. The Bertz CT molecular complexity index is 79.6. The molecule has 60 valence electrons. The molecule has 10 heavy (non-hydrogen) atoms. The smallest absolute Gasteiger partial charge is 0.0572 e. The van der Waals surface area contributed by atoms with Crippen molar-refractivity contribution in [3.8, 4) is 0 Å². The van der Waals surface area contributed by atoms with Crippen molar-refractivity contribution in [3.05, 3.63) is 0 Å². The average Bonchev–Trinajstić information content (AvgIpc) is 2.05. The Balaban J connectivity index is 2.17. The molecule has 1 aliphatic carbocycles. The predicted molar refractivity (Wildman–Crippen MR) is 37.3 cm³/mol. The Hall–Kier alpha value is -0.150. The number of hydrogen-bond donors (Lipinski definition) is 1. The van der Waals surface area contributed by atoms with Crippen LogP contribution >= 0.6 is 0 Å². The van der Waals surface area contributed by atoms with Crippen LogP contribution in [-0.4, -0.2) is 19.3 Å². The molecule has 1 fully saturated rings. The molecule has 1 aliphatic rings. The third-order valence-electron chi connectivity index (χ3n) is 2.16. The standard InChI is InChI=1S/C7H14FNO/c1-10-7-4-2-6(9-8)3-5-7/h6-7,9H,2-5H2,1H3. The van der Waals surface area contributed by atoms with Gasteiger partial charge in [-0.3, -0.25) is 0 Å². The van der Waals surface area contributed by atoms with E-state index in [0.29, 0.717) is 6.10 Å². The van der Waals surface area contributed by atoms with Crippen molar-refractivity contribution in [1.29, 1.82) is 0 Å². The van der Waals surface area contributed by atoms with Gasteiger partial charge in [0.05, 0.1) is 6.10 Å². The Morgan fingerprint density at radius 1 is 1.30 bits per heavy atom. The van der Waals surface area contributed by atoms with Crippen LogP contribution in [0.4, 0.5) is 4.48 Å². The van der Waals surface area contributed by atoms with E-state index in [2.05, 4.69) is 0 Å². The molecule has 2 nitrogen and oxygen atoms in total. The van der Waals surface area contributed by atoms with Crippen molar-refractivity contribution in [2.45, 2.75) is 37.8 Å². The number of nitrogens with one attached hydrogen (secondary N) is 1. The highest BCUT2D eigenvalue weighted by atomic mass is 19.2. The van der Waals surface area contributed by atoms with Crippen molar-refractivity contribution >= 4 is 0 Å². The van der Waals surface area contributed by atoms with Gasteiger partial charge in [0.15, 0.2) is 0 Å². The number of methoxy groups -OCH3 is 1. The van der Waals surface area contributed by atoms with Gasteiger partial charge in [-0.15, -0.1) is 4.48 Å². The highest BCUT2D eigenvalue weighted by molar-refractivity contribution is 4.74. The van der Waals surface area contributed by atoms with E-state index in [1.54, 1.807) is 12.6 Å². The molecule has 0 saturated heterocycles. The van der Waals surface area contributed by atoms with Crippen molar-refractivity contribution in [1.82, 2.24) is 5.54 Å². The fourth-order valence-electron chi connectivity index (χ4n) is 1.41. The molecule has 0 unspecified atom stereocenters. The van der Waals surface area contributed by atoms with Crippen LogP contribution in [0.1, 0.15) is 25.7 Å². The Labute approximate surface area is 60.7 Å². The van der Waals surface area contributed by atoms with Crippen LogP contribution in [-0.2, 0) is 4.74 Å². The summed E-state index contributed by atoms with van der Waals surface area (Å²) in [5, 5.41) is 0. The highest BCUT2D eigenvalue weighted by Crippen LogP contribution is 2.20. The van der Waals surface area contributed by atoms with E-state index in [-0.39, 0.29) is 6.04 Å². The van der Waals surface area contributed by atoms with Crippen molar-refractivity contribution in [2.24, 2.45) is 0 Å². The Kier molecular flexibility index (Phi) is 3.09. The maximum atomic E-state index is 11.8. The highest BCUT2D eigenvalue weighted by Gasteiger charge is 2.19. The summed E-state index contributed by atoms with van der Waals surface area (Å²) in [4.78, 5) is 0. The van der Waals surface area contributed by atoms with E-state index in [1.165, 1.54) is 0 Å². The molecule has 0 bridgehead atoms. The molecule has 3 heteroatoms. The van der Waals surface area contributed by atoms with E-state index < -0.39 is 0 Å². The van der Waals surface area contributed by atoms with Gasteiger partial charge in [-0.2, -0.15) is 5.54 Å². The first-order valence-electron chi connectivity index (χ1n) is 3.75. The Morgan fingerprint density at radius 2 is 1.90 bits per heavy atom. The lowest BCUT2D eigenvalue weighted by Gasteiger charge is -2.25. The van der Waals surface area contributed by atoms with Crippen LogP contribution in [0.5, 0.6) is 0 Å². The molecule has 1 rings (SSSR count). The van der Waals surface area contributed by atoms with Gasteiger partial charge in [0.2, 0.25) is 0 Å². The second-order valence-corrected chi connectivity index (χ2v) is 2.82. The molecule has 0 amide bonds. The number of ether oxygens (including phenoxy) is 1. The molecule has 0 radical (unpaired) electrons. The summed E-state index contributed by atoms with van der Waals surface area (Å²) in [6, 6.07) is 0.0754. The molecule has 0 aromatic heterocycles. The molecule has 1 N–H and O–H groups in total. The molecule has 0 aromatic carbocycles. The van der Waals surface area contributed by atoms with E-state index in [4.69, 9.17) is 4.74 Å². The molecular weight excluding hydrogens is 133 g/mol. The monoisotopic (exact) mass is 147 g/mol. The van der Waals surface area contributed by atoms with Crippen molar-refractivity contribution < 1.29 is 9.22 Å². The summed E-state index contributed by atoms with van der Waals surface area (Å²) in [5.74, 6) is 0. The first-order valence-corrected chi connectivity index (χ1v) is 3.75. The normalized spacial score (nSPS) is 34.2. The predicted octanol–water partition coefficient (Wildman–Crippen LogP) is 1.42. The third kappa shape index (κ3) is 1.92. The molecule has 0 spiro atoms. The van der Waals surface area contributed by atoms with E-state index >= 15 is 0 Å². The zero-order chi connectivity index (χ0) is 7.40. The second-order valence-electron chi connectivity index (χ2n) is 2.82. The van der Waals surface area contributed by atoms with Gasteiger partial charge >= 0.3 is 0 Å². The number of rotatable bonds is 2. The summed E-state index contributed by atoms with van der Waals surface area (Å²) in [6.45, 7) is 0. The minimum absolute atomic E-state index is 0.0754. The van der Waals surface area contributed by atoms with Gasteiger partial charge in [0, 0.05) is 13.2 Å². The van der Waals surface area contributed by atoms with Gasteiger partial charge in [-0.25, -0.2) is 0 Å². The lowest BCUT2D eigenvalue weighted by atomic mass is 9.94. The SMILES string of the molecule is COC1CCC(NF)CC1. The van der Waals surface area contributed by atoms with E-state index in [0.717, 1.165) is 25.7 Å². The molecule has 1 saturated carbocycles.